The Morgan fingerprint density at radius 3 is 2.17 bits per heavy atom. The second kappa shape index (κ2) is 8.34. The molecule has 3 aromatic heterocycles. The first kappa shape index (κ1) is 22.5. The Bertz CT molecular complexity index is 1740. The minimum Gasteiger partial charge on any atom is -0.454 e. The summed E-state index contributed by atoms with van der Waals surface area (Å²) in [6.07, 6.45) is 0. The van der Waals surface area contributed by atoms with Gasteiger partial charge in [0.05, 0.1) is 16.7 Å². The van der Waals surface area contributed by atoms with E-state index in [0.29, 0.717) is 11.8 Å². The molecule has 0 fully saturated rings. The van der Waals surface area contributed by atoms with Crippen molar-refractivity contribution in [3.63, 3.8) is 0 Å². The first-order valence-electron chi connectivity index (χ1n) is 12.8. The van der Waals surface area contributed by atoms with Gasteiger partial charge in [0.1, 0.15) is 16.9 Å². The average Bonchev–Trinajstić information content (AvgIpc) is 3.41. The molecule has 6 rings (SSSR count). The first-order chi connectivity index (χ1) is 17.3. The number of fused-ring (bicyclic) bond motifs is 4. The van der Waals surface area contributed by atoms with Crippen molar-refractivity contribution in [3.8, 4) is 17.1 Å². The van der Waals surface area contributed by atoms with Crippen molar-refractivity contribution in [2.24, 2.45) is 0 Å². The van der Waals surface area contributed by atoms with E-state index in [0.717, 1.165) is 50.2 Å². The van der Waals surface area contributed by atoms with Crippen molar-refractivity contribution in [2.45, 2.75) is 53.4 Å². The Morgan fingerprint density at radius 1 is 0.750 bits per heavy atom. The zero-order valence-electron chi connectivity index (χ0n) is 21.8. The van der Waals surface area contributed by atoms with Crippen LogP contribution in [0, 0.1) is 13.8 Å². The number of hydrogen-bond donors (Lipinski definition) is 0. The van der Waals surface area contributed by atoms with Crippen molar-refractivity contribution < 1.29 is 4.42 Å². The number of aryl methyl sites for hydroxylation is 2. The van der Waals surface area contributed by atoms with E-state index in [-0.39, 0.29) is 0 Å². The highest BCUT2D eigenvalue weighted by Gasteiger charge is 2.24. The van der Waals surface area contributed by atoms with Crippen molar-refractivity contribution in [1.82, 2.24) is 14.5 Å². The molecule has 6 aromatic rings. The van der Waals surface area contributed by atoms with E-state index in [9.17, 15) is 0 Å². The molecule has 3 heterocycles. The molecule has 0 aliphatic carbocycles. The lowest BCUT2D eigenvalue weighted by molar-refractivity contribution is 0.668. The van der Waals surface area contributed by atoms with Gasteiger partial charge >= 0.3 is 0 Å². The summed E-state index contributed by atoms with van der Waals surface area (Å²) in [4.78, 5) is 10.3. The second-order valence-electron chi connectivity index (χ2n) is 10.4. The zero-order chi connectivity index (χ0) is 25.1. The number of imidazole rings is 1. The highest BCUT2D eigenvalue weighted by Crippen LogP contribution is 2.39. The van der Waals surface area contributed by atoms with Crippen molar-refractivity contribution in [2.75, 3.05) is 0 Å². The van der Waals surface area contributed by atoms with Crippen molar-refractivity contribution in [3.05, 3.63) is 89.1 Å². The van der Waals surface area contributed by atoms with Crippen LogP contribution in [0.5, 0.6) is 0 Å². The predicted octanol–water partition coefficient (Wildman–Crippen LogP) is 8.85. The van der Waals surface area contributed by atoms with Crippen molar-refractivity contribution in [1.29, 1.82) is 0 Å². The largest absolute Gasteiger partial charge is 0.454 e. The van der Waals surface area contributed by atoms with E-state index in [1.54, 1.807) is 0 Å². The number of hydrogen-bond acceptors (Lipinski definition) is 3. The Balaban J connectivity index is 1.72. The molecular formula is C32H31N3O. The fourth-order valence-electron chi connectivity index (χ4n) is 5.42. The van der Waals surface area contributed by atoms with Crippen molar-refractivity contribution >= 4 is 33.1 Å². The molecule has 0 saturated heterocycles. The summed E-state index contributed by atoms with van der Waals surface area (Å²) < 4.78 is 8.65. The molecule has 4 nitrogen and oxygen atoms in total. The minimum absolute atomic E-state index is 0.368. The highest BCUT2D eigenvalue weighted by atomic mass is 16.3. The van der Waals surface area contributed by atoms with Gasteiger partial charge in [0.2, 0.25) is 0 Å². The Hall–Kier alpha value is -3.92. The second-order valence-corrected chi connectivity index (χ2v) is 10.4. The molecule has 180 valence electrons. The van der Waals surface area contributed by atoms with Gasteiger partial charge in [-0.15, -0.1) is 0 Å². The fraction of sp³-hybridized carbons (Fsp3) is 0.250. The molecular weight excluding hydrogens is 442 g/mol. The summed E-state index contributed by atoms with van der Waals surface area (Å²) in [5.74, 6) is 1.64. The van der Waals surface area contributed by atoms with Gasteiger partial charge in [0.25, 0.3) is 0 Å². The van der Waals surface area contributed by atoms with E-state index in [4.69, 9.17) is 14.4 Å². The van der Waals surface area contributed by atoms with Crippen LogP contribution >= 0.6 is 0 Å². The van der Waals surface area contributed by atoms with Gasteiger partial charge in [-0.1, -0.05) is 70.2 Å². The van der Waals surface area contributed by atoms with Crippen LogP contribution < -0.4 is 0 Å². The molecule has 0 N–H and O–H groups in total. The molecule has 4 heteroatoms. The standard InChI is InChI=1S/C32H31N3O/c1-18(2)22-12-10-13-23(19(3)4)31(22)35-26-15-8-7-14-25(26)34-32(35)24-17-28-30(33-21(24)6)29-20(5)11-9-16-27(29)36-28/h7-19H,1-6H3. The van der Waals surface area contributed by atoms with Gasteiger partial charge in [-0.3, -0.25) is 4.57 Å². The number of nitrogens with zero attached hydrogens (tertiary/aromatic N) is 3. The lowest BCUT2D eigenvalue weighted by atomic mass is 9.92. The van der Waals surface area contributed by atoms with Gasteiger partial charge in [0.15, 0.2) is 5.58 Å². The molecule has 0 aliphatic rings. The Morgan fingerprint density at radius 2 is 1.44 bits per heavy atom. The quantitative estimate of drug-likeness (QED) is 0.257. The van der Waals surface area contributed by atoms with E-state index >= 15 is 0 Å². The van der Waals surface area contributed by atoms with Crippen LogP contribution in [0.1, 0.15) is 61.9 Å². The van der Waals surface area contributed by atoms with Gasteiger partial charge < -0.3 is 4.42 Å². The van der Waals surface area contributed by atoms with E-state index in [1.807, 2.05) is 12.1 Å². The minimum atomic E-state index is 0.368. The summed E-state index contributed by atoms with van der Waals surface area (Å²) >= 11 is 0. The van der Waals surface area contributed by atoms with Crippen LogP contribution in [-0.2, 0) is 0 Å². The molecule has 0 unspecified atom stereocenters. The zero-order valence-corrected chi connectivity index (χ0v) is 21.8. The van der Waals surface area contributed by atoms with Crippen LogP contribution in [0.4, 0.5) is 0 Å². The third-order valence-electron chi connectivity index (χ3n) is 7.24. The molecule has 3 aromatic carbocycles. The molecule has 0 spiro atoms. The lowest BCUT2D eigenvalue weighted by Gasteiger charge is -2.22. The van der Waals surface area contributed by atoms with E-state index in [1.165, 1.54) is 22.4 Å². The number of aromatic nitrogens is 3. The normalized spacial score (nSPS) is 12.1. The first-order valence-corrected chi connectivity index (χ1v) is 12.8. The van der Waals surface area contributed by atoms with Crippen LogP contribution in [0.15, 0.2) is 71.1 Å². The van der Waals surface area contributed by atoms with Crippen LogP contribution in [0.25, 0.3) is 50.2 Å². The van der Waals surface area contributed by atoms with Gasteiger partial charge in [-0.25, -0.2) is 9.97 Å². The van der Waals surface area contributed by atoms with E-state index in [2.05, 4.69) is 101 Å². The summed E-state index contributed by atoms with van der Waals surface area (Å²) in [5.41, 5.74) is 11.6. The Kier molecular flexibility index (Phi) is 5.22. The summed E-state index contributed by atoms with van der Waals surface area (Å²) in [5, 5.41) is 1.09. The van der Waals surface area contributed by atoms with Gasteiger partial charge in [0, 0.05) is 16.6 Å². The number of benzene rings is 3. The summed E-state index contributed by atoms with van der Waals surface area (Å²) in [7, 11) is 0. The van der Waals surface area contributed by atoms with Gasteiger partial charge in [-0.2, -0.15) is 0 Å². The fourth-order valence-corrected chi connectivity index (χ4v) is 5.42. The molecule has 0 amide bonds. The molecule has 36 heavy (non-hydrogen) atoms. The summed E-state index contributed by atoms with van der Waals surface area (Å²) in [6, 6.07) is 23.4. The average molecular weight is 474 g/mol. The third kappa shape index (κ3) is 3.35. The number of furan rings is 1. The third-order valence-corrected chi connectivity index (χ3v) is 7.24. The SMILES string of the molecule is Cc1nc2c(cc1-c1nc3ccccc3n1-c1c(C(C)C)cccc1C(C)C)oc1cccc(C)c12. The topological polar surface area (TPSA) is 43.9 Å². The van der Waals surface area contributed by atoms with Crippen LogP contribution in [-0.4, -0.2) is 14.5 Å². The smallest absolute Gasteiger partial charge is 0.154 e. The van der Waals surface area contributed by atoms with E-state index < -0.39 is 0 Å². The molecule has 0 radical (unpaired) electrons. The summed E-state index contributed by atoms with van der Waals surface area (Å²) in [6.45, 7) is 13.2. The maximum atomic E-state index is 6.29. The molecule has 0 atom stereocenters. The number of rotatable bonds is 4. The molecule has 0 saturated carbocycles. The highest BCUT2D eigenvalue weighted by molar-refractivity contribution is 6.05. The van der Waals surface area contributed by atoms with Crippen LogP contribution in [0.3, 0.4) is 0 Å². The predicted molar refractivity (Wildman–Crippen MR) is 149 cm³/mol. The Labute approximate surface area is 211 Å². The molecule has 0 aliphatic heterocycles. The molecule has 0 bridgehead atoms. The number of pyridine rings is 1. The maximum Gasteiger partial charge on any atom is 0.154 e. The van der Waals surface area contributed by atoms with Gasteiger partial charge in [-0.05, 0) is 66.6 Å². The van der Waals surface area contributed by atoms with Crippen LogP contribution in [0.2, 0.25) is 0 Å². The lowest BCUT2D eigenvalue weighted by Crippen LogP contribution is -2.09. The monoisotopic (exact) mass is 473 g/mol. The number of para-hydroxylation sites is 3. The maximum absolute atomic E-state index is 6.29.